The fourth-order valence-corrected chi connectivity index (χ4v) is 2.85. The number of non-ortho nitro benzene ring substituents is 1. The van der Waals surface area contributed by atoms with Crippen molar-refractivity contribution in [1.82, 2.24) is 15.5 Å². The summed E-state index contributed by atoms with van der Waals surface area (Å²) in [4.78, 5) is 17.1. The Morgan fingerprint density at radius 1 is 1.39 bits per heavy atom. The minimum absolute atomic E-state index is 0. The third kappa shape index (κ3) is 8.67. The van der Waals surface area contributed by atoms with Gasteiger partial charge >= 0.3 is 0 Å². The van der Waals surface area contributed by atoms with E-state index in [0.717, 1.165) is 18.7 Å². The Labute approximate surface area is 182 Å². The molecule has 0 bridgehead atoms. The molecule has 3 N–H and O–H groups in total. The van der Waals surface area contributed by atoms with E-state index in [1.165, 1.54) is 12.1 Å². The summed E-state index contributed by atoms with van der Waals surface area (Å²) in [6.45, 7) is 8.63. The van der Waals surface area contributed by atoms with E-state index in [4.69, 9.17) is 4.74 Å². The molecule has 1 fully saturated rings. The van der Waals surface area contributed by atoms with E-state index < -0.39 is 10.5 Å². The highest BCUT2D eigenvalue weighted by molar-refractivity contribution is 14.0. The number of nitro groups is 1. The van der Waals surface area contributed by atoms with Gasteiger partial charge in [-0.25, -0.2) is 4.99 Å². The van der Waals surface area contributed by atoms with Crippen LogP contribution in [0.15, 0.2) is 29.3 Å². The van der Waals surface area contributed by atoms with Gasteiger partial charge in [-0.15, -0.1) is 24.0 Å². The summed E-state index contributed by atoms with van der Waals surface area (Å²) in [6, 6.07) is 6.42. The Bertz CT molecular complexity index is 651. The quantitative estimate of drug-likeness (QED) is 0.160. The third-order valence-corrected chi connectivity index (χ3v) is 4.19. The standard InChI is InChI=1S/C18H29N5O4.HI/c1-3-19-17(20-12-15-5-4-6-16(11-15)23(25)26)21-13-18(2,24)14-22-7-9-27-10-8-22;/h4-6,11,24H,3,7-10,12-14H2,1-2H3,(H2,19,20,21);1H. The Hall–Kier alpha value is -1.50. The number of nitrogens with one attached hydrogen (secondary N) is 2. The number of nitro benzene ring substituents is 1. The number of guanidine groups is 1. The molecular formula is C18H30IN5O4. The normalized spacial score (nSPS) is 17.3. The zero-order chi connectivity index (χ0) is 19.7. The van der Waals surface area contributed by atoms with Gasteiger partial charge in [0.25, 0.3) is 5.69 Å². The van der Waals surface area contributed by atoms with Crippen LogP contribution in [0.1, 0.15) is 19.4 Å². The van der Waals surface area contributed by atoms with Crippen molar-refractivity contribution in [2.45, 2.75) is 26.0 Å². The van der Waals surface area contributed by atoms with Crippen molar-refractivity contribution < 1.29 is 14.8 Å². The Balaban J connectivity index is 0.00000392. The van der Waals surface area contributed by atoms with Crippen molar-refractivity contribution in [3.05, 3.63) is 39.9 Å². The molecule has 1 unspecified atom stereocenters. The topological polar surface area (TPSA) is 112 Å². The number of morpholine rings is 1. The lowest BCUT2D eigenvalue weighted by Gasteiger charge is -2.34. The maximum atomic E-state index is 10.9. The molecule has 1 saturated heterocycles. The monoisotopic (exact) mass is 507 g/mol. The first-order chi connectivity index (χ1) is 12.9. The first-order valence-corrected chi connectivity index (χ1v) is 9.17. The Morgan fingerprint density at radius 3 is 2.75 bits per heavy atom. The molecule has 0 radical (unpaired) electrons. The maximum absolute atomic E-state index is 10.9. The molecular weight excluding hydrogens is 477 g/mol. The van der Waals surface area contributed by atoms with Crippen molar-refractivity contribution in [1.29, 1.82) is 0 Å². The molecule has 28 heavy (non-hydrogen) atoms. The molecule has 158 valence electrons. The molecule has 1 aliphatic rings. The number of benzene rings is 1. The number of β-amino-alcohol motifs (C(OH)–C–C–N with tert-alkyl or cyclic N) is 1. The summed E-state index contributed by atoms with van der Waals surface area (Å²) in [5.74, 6) is 0.561. The first kappa shape index (κ1) is 24.5. The summed E-state index contributed by atoms with van der Waals surface area (Å²) < 4.78 is 5.33. The summed E-state index contributed by atoms with van der Waals surface area (Å²) in [7, 11) is 0. The van der Waals surface area contributed by atoms with Gasteiger partial charge in [-0.2, -0.15) is 0 Å². The fraction of sp³-hybridized carbons (Fsp3) is 0.611. The molecule has 0 saturated carbocycles. The summed E-state index contributed by atoms with van der Waals surface area (Å²) in [6.07, 6.45) is 0. The SMILES string of the molecule is CCNC(=NCc1cccc([N+](=O)[O-])c1)NCC(C)(O)CN1CCOCC1.I. The molecule has 0 amide bonds. The van der Waals surface area contributed by atoms with Gasteiger partial charge in [0.15, 0.2) is 5.96 Å². The highest BCUT2D eigenvalue weighted by Crippen LogP contribution is 2.13. The van der Waals surface area contributed by atoms with E-state index >= 15 is 0 Å². The fourth-order valence-electron chi connectivity index (χ4n) is 2.85. The zero-order valence-electron chi connectivity index (χ0n) is 16.4. The lowest BCUT2D eigenvalue weighted by molar-refractivity contribution is -0.384. The minimum atomic E-state index is -0.918. The number of aliphatic hydroxyl groups is 1. The average molecular weight is 507 g/mol. The van der Waals surface area contributed by atoms with Gasteiger partial charge in [0, 0.05) is 44.9 Å². The highest BCUT2D eigenvalue weighted by atomic mass is 127. The van der Waals surface area contributed by atoms with Gasteiger partial charge < -0.3 is 20.5 Å². The van der Waals surface area contributed by atoms with Crippen LogP contribution < -0.4 is 10.6 Å². The van der Waals surface area contributed by atoms with Crippen molar-refractivity contribution in [2.75, 3.05) is 45.9 Å². The highest BCUT2D eigenvalue weighted by Gasteiger charge is 2.25. The first-order valence-electron chi connectivity index (χ1n) is 9.17. The maximum Gasteiger partial charge on any atom is 0.269 e. The number of aliphatic imine (C=N–C) groups is 1. The molecule has 0 aromatic heterocycles. The van der Waals surface area contributed by atoms with Crippen LogP contribution in [0.3, 0.4) is 0 Å². The van der Waals surface area contributed by atoms with Crippen molar-refractivity contribution in [3.8, 4) is 0 Å². The van der Waals surface area contributed by atoms with Gasteiger partial charge in [0.1, 0.15) is 0 Å². The van der Waals surface area contributed by atoms with E-state index in [9.17, 15) is 15.2 Å². The predicted octanol–water partition coefficient (Wildman–Crippen LogP) is 1.35. The predicted molar refractivity (Wildman–Crippen MR) is 119 cm³/mol. The van der Waals surface area contributed by atoms with E-state index in [1.807, 2.05) is 6.92 Å². The van der Waals surface area contributed by atoms with Crippen LogP contribution in [-0.2, 0) is 11.3 Å². The molecule has 1 heterocycles. The van der Waals surface area contributed by atoms with Crippen LogP contribution in [0.2, 0.25) is 0 Å². The molecule has 1 aromatic carbocycles. The van der Waals surface area contributed by atoms with Crippen LogP contribution in [0.4, 0.5) is 5.69 Å². The second-order valence-electron chi connectivity index (χ2n) is 6.86. The number of hydrogen-bond donors (Lipinski definition) is 3. The molecule has 1 aromatic rings. The van der Waals surface area contributed by atoms with E-state index in [1.54, 1.807) is 19.1 Å². The van der Waals surface area contributed by atoms with Crippen molar-refractivity contribution in [2.24, 2.45) is 4.99 Å². The molecule has 0 spiro atoms. The van der Waals surface area contributed by atoms with E-state index in [0.29, 0.717) is 45.4 Å². The van der Waals surface area contributed by atoms with E-state index in [-0.39, 0.29) is 29.7 Å². The van der Waals surface area contributed by atoms with Crippen LogP contribution in [0.5, 0.6) is 0 Å². The lowest BCUT2D eigenvalue weighted by Crippen LogP contribution is -2.52. The van der Waals surface area contributed by atoms with Crippen molar-refractivity contribution >= 4 is 35.6 Å². The van der Waals surface area contributed by atoms with Crippen LogP contribution in [0.25, 0.3) is 0 Å². The molecule has 1 aliphatic heterocycles. The minimum Gasteiger partial charge on any atom is -0.387 e. The van der Waals surface area contributed by atoms with Crippen LogP contribution >= 0.6 is 24.0 Å². The zero-order valence-corrected chi connectivity index (χ0v) is 18.7. The number of halogens is 1. The molecule has 9 nitrogen and oxygen atoms in total. The number of hydrogen-bond acceptors (Lipinski definition) is 6. The summed E-state index contributed by atoms with van der Waals surface area (Å²) in [5.41, 5.74) is -0.116. The van der Waals surface area contributed by atoms with Gasteiger partial charge in [0.2, 0.25) is 0 Å². The Morgan fingerprint density at radius 2 is 2.11 bits per heavy atom. The van der Waals surface area contributed by atoms with E-state index in [2.05, 4.69) is 20.5 Å². The second-order valence-corrected chi connectivity index (χ2v) is 6.86. The average Bonchev–Trinajstić information content (AvgIpc) is 2.64. The summed E-state index contributed by atoms with van der Waals surface area (Å²) in [5, 5.41) is 27.8. The Kier molecular flexibility index (Phi) is 10.6. The van der Waals surface area contributed by atoms with Crippen molar-refractivity contribution in [3.63, 3.8) is 0 Å². The number of rotatable bonds is 8. The van der Waals surface area contributed by atoms with Crippen LogP contribution in [-0.4, -0.2) is 72.4 Å². The molecule has 0 aliphatic carbocycles. The second kappa shape index (κ2) is 12.1. The van der Waals surface area contributed by atoms with Gasteiger partial charge in [0.05, 0.1) is 30.3 Å². The molecule has 1 atom stereocenters. The molecule has 10 heteroatoms. The van der Waals surface area contributed by atoms with Gasteiger partial charge in [-0.1, -0.05) is 12.1 Å². The number of nitrogens with zero attached hydrogens (tertiary/aromatic N) is 3. The van der Waals surface area contributed by atoms with Crippen LogP contribution in [0, 0.1) is 10.1 Å². The number of ether oxygens (including phenoxy) is 1. The largest absolute Gasteiger partial charge is 0.387 e. The third-order valence-electron chi connectivity index (χ3n) is 4.19. The smallest absolute Gasteiger partial charge is 0.269 e. The van der Waals surface area contributed by atoms with Gasteiger partial charge in [-0.05, 0) is 19.4 Å². The molecule has 2 rings (SSSR count). The lowest BCUT2D eigenvalue weighted by atomic mass is 10.1. The summed E-state index contributed by atoms with van der Waals surface area (Å²) >= 11 is 0. The van der Waals surface area contributed by atoms with Gasteiger partial charge in [-0.3, -0.25) is 15.0 Å².